The molecule has 0 amide bonds. The summed E-state index contributed by atoms with van der Waals surface area (Å²) in [6.07, 6.45) is 1.77. The first-order valence-corrected chi connectivity index (χ1v) is 10.8. The highest BCUT2D eigenvalue weighted by Gasteiger charge is 2.21. The number of methoxy groups -OCH3 is 1. The monoisotopic (exact) mass is 459 g/mol. The van der Waals surface area contributed by atoms with Crippen LogP contribution in [0.4, 0.5) is 15.9 Å². The van der Waals surface area contributed by atoms with E-state index in [-0.39, 0.29) is 16.9 Å². The number of pyridine rings is 2. The highest BCUT2D eigenvalue weighted by atomic mass is 19.1. The third-order valence-corrected chi connectivity index (χ3v) is 5.76. The lowest BCUT2D eigenvalue weighted by molar-refractivity contribution is 0.411. The van der Waals surface area contributed by atoms with Crippen LogP contribution in [0.3, 0.4) is 0 Å². The van der Waals surface area contributed by atoms with E-state index in [0.29, 0.717) is 22.7 Å². The minimum atomic E-state index is -0.506. The van der Waals surface area contributed by atoms with E-state index in [2.05, 4.69) is 34.8 Å². The Labute approximate surface area is 197 Å². The molecule has 0 atom stereocenters. The highest BCUT2D eigenvalue weighted by Crippen LogP contribution is 2.40. The van der Waals surface area contributed by atoms with E-state index in [0.717, 1.165) is 29.9 Å². The number of aromatic amines is 1. The van der Waals surface area contributed by atoms with Gasteiger partial charge in [0.15, 0.2) is 5.65 Å². The van der Waals surface area contributed by atoms with Crippen molar-refractivity contribution in [2.24, 2.45) is 0 Å². The molecule has 3 heterocycles. The molecule has 9 heteroatoms. The van der Waals surface area contributed by atoms with Crippen LogP contribution >= 0.6 is 0 Å². The number of nitrogens with one attached hydrogen (secondary N) is 1. The maximum absolute atomic E-state index is 14.8. The van der Waals surface area contributed by atoms with Crippen LogP contribution < -0.4 is 9.64 Å². The van der Waals surface area contributed by atoms with Gasteiger partial charge in [-0.3, -0.25) is 5.10 Å². The van der Waals surface area contributed by atoms with Crippen LogP contribution in [0.15, 0.2) is 36.5 Å². The average Bonchev–Trinajstić information content (AvgIpc) is 3.26. The summed E-state index contributed by atoms with van der Waals surface area (Å²) in [4.78, 5) is 17.1. The van der Waals surface area contributed by atoms with E-state index in [1.165, 1.54) is 13.2 Å². The van der Waals surface area contributed by atoms with Crippen molar-refractivity contribution >= 4 is 22.5 Å². The topological polar surface area (TPSA) is 74.5 Å². The molecule has 0 aliphatic carbocycles. The van der Waals surface area contributed by atoms with Crippen molar-refractivity contribution < 1.29 is 9.13 Å². The molecule has 174 valence electrons. The lowest BCUT2D eigenvalue weighted by Crippen LogP contribution is -2.28. The predicted molar refractivity (Wildman–Crippen MR) is 132 cm³/mol. The zero-order valence-electron chi connectivity index (χ0n) is 19.8. The van der Waals surface area contributed by atoms with Crippen molar-refractivity contribution in [3.8, 4) is 28.3 Å². The Kier molecular flexibility index (Phi) is 6.43. The summed E-state index contributed by atoms with van der Waals surface area (Å²) in [5.41, 5.74) is 3.42. The Hall–Kier alpha value is -4.03. The SMILES string of the molecule is [C-]#[N+]c1c(-c2ccc(OC)cc2F)nc2[nH]nc(-c3ccc(N(C)CCN(C)C)nc3)c2c1C. The summed E-state index contributed by atoms with van der Waals surface area (Å²) in [7, 11) is 7.55. The first kappa shape index (κ1) is 23.1. The lowest BCUT2D eigenvalue weighted by Gasteiger charge is -2.20. The van der Waals surface area contributed by atoms with E-state index in [4.69, 9.17) is 11.3 Å². The number of likely N-dealkylation sites (N-methyl/N-ethyl adjacent to an activating group) is 2. The largest absolute Gasteiger partial charge is 0.497 e. The second-order valence-corrected chi connectivity index (χ2v) is 8.32. The molecule has 8 nitrogen and oxygen atoms in total. The molecule has 0 saturated carbocycles. The molecule has 0 unspecified atom stereocenters. The van der Waals surface area contributed by atoms with Crippen molar-refractivity contribution in [3.05, 3.63) is 59.3 Å². The molecule has 0 aliphatic rings. The Morgan fingerprint density at radius 3 is 2.53 bits per heavy atom. The zero-order valence-corrected chi connectivity index (χ0v) is 19.8. The van der Waals surface area contributed by atoms with E-state index < -0.39 is 5.82 Å². The summed E-state index contributed by atoms with van der Waals surface area (Å²) in [5.74, 6) is 0.753. The number of aromatic nitrogens is 4. The number of hydrogen-bond donors (Lipinski definition) is 1. The second kappa shape index (κ2) is 9.45. The maximum Gasteiger partial charge on any atom is 0.216 e. The summed E-state index contributed by atoms with van der Waals surface area (Å²) in [6.45, 7) is 11.4. The van der Waals surface area contributed by atoms with Gasteiger partial charge in [0.2, 0.25) is 5.69 Å². The van der Waals surface area contributed by atoms with E-state index in [1.54, 1.807) is 18.3 Å². The third kappa shape index (κ3) is 4.28. The van der Waals surface area contributed by atoms with E-state index in [9.17, 15) is 4.39 Å². The number of ether oxygens (including phenoxy) is 1. The Morgan fingerprint density at radius 1 is 1.12 bits per heavy atom. The number of H-pyrrole nitrogens is 1. The number of halogens is 1. The molecule has 0 fully saturated rings. The number of anilines is 1. The summed E-state index contributed by atoms with van der Waals surface area (Å²) >= 11 is 0. The Bertz CT molecular complexity index is 1370. The van der Waals surface area contributed by atoms with Crippen molar-refractivity contribution in [2.45, 2.75) is 6.92 Å². The molecule has 4 rings (SSSR count). The molecular weight excluding hydrogens is 433 g/mol. The minimum absolute atomic E-state index is 0.236. The van der Waals surface area contributed by atoms with Crippen LogP contribution in [0.1, 0.15) is 5.56 Å². The number of aryl methyl sites for hydroxylation is 1. The first-order valence-electron chi connectivity index (χ1n) is 10.8. The van der Waals surface area contributed by atoms with Crippen LogP contribution in [0.2, 0.25) is 0 Å². The van der Waals surface area contributed by atoms with Gasteiger partial charge in [0, 0.05) is 48.9 Å². The summed E-state index contributed by atoms with van der Waals surface area (Å²) in [6, 6.07) is 8.41. The second-order valence-electron chi connectivity index (χ2n) is 8.32. The molecule has 1 N–H and O–H groups in total. The normalized spacial score (nSPS) is 11.1. The Balaban J connectivity index is 1.75. The summed E-state index contributed by atoms with van der Waals surface area (Å²) < 4.78 is 19.9. The van der Waals surface area contributed by atoms with Crippen LogP contribution in [-0.4, -0.2) is 66.4 Å². The molecule has 34 heavy (non-hydrogen) atoms. The molecule has 1 aromatic carbocycles. The molecule has 0 aliphatic heterocycles. The summed E-state index contributed by atoms with van der Waals surface area (Å²) in [5, 5.41) is 8.12. The van der Waals surface area contributed by atoms with Crippen molar-refractivity contribution in [3.63, 3.8) is 0 Å². The van der Waals surface area contributed by atoms with Gasteiger partial charge in [-0.05, 0) is 50.8 Å². The predicted octanol–water partition coefficient (Wildman–Crippen LogP) is 4.69. The quantitative estimate of drug-likeness (QED) is 0.404. The van der Waals surface area contributed by atoms with Gasteiger partial charge in [0.25, 0.3) is 0 Å². The van der Waals surface area contributed by atoms with Gasteiger partial charge in [0.05, 0.1) is 19.4 Å². The van der Waals surface area contributed by atoms with Gasteiger partial charge in [-0.2, -0.15) is 5.10 Å². The molecule has 0 bridgehead atoms. The third-order valence-electron chi connectivity index (χ3n) is 5.76. The zero-order chi connectivity index (χ0) is 24.4. The average molecular weight is 460 g/mol. The fourth-order valence-electron chi connectivity index (χ4n) is 3.79. The van der Waals surface area contributed by atoms with Crippen molar-refractivity contribution in [2.75, 3.05) is 46.2 Å². The van der Waals surface area contributed by atoms with Gasteiger partial charge >= 0.3 is 0 Å². The molecule has 4 aromatic rings. The maximum atomic E-state index is 14.8. The number of benzene rings is 1. The minimum Gasteiger partial charge on any atom is -0.497 e. The molecule has 3 aromatic heterocycles. The smallest absolute Gasteiger partial charge is 0.216 e. The standard InChI is InChI=1S/C25H26FN7O/c1-15-21-23(16-7-10-20(28-14-16)33(5)12-11-32(3)4)30-31-25(21)29-24(22(15)27-2)18-9-8-17(34-6)13-19(18)26/h7-10,13-14H,11-12H2,1,3-6H3,(H,29,30,31). The number of fused-ring (bicyclic) bond motifs is 1. The fourth-order valence-corrected chi connectivity index (χ4v) is 3.79. The van der Waals surface area contributed by atoms with Crippen LogP contribution in [0, 0.1) is 19.3 Å². The molecule has 0 spiro atoms. The van der Waals surface area contributed by atoms with E-state index in [1.807, 2.05) is 40.2 Å². The van der Waals surface area contributed by atoms with Gasteiger partial charge < -0.3 is 14.5 Å². The molecule has 0 saturated heterocycles. The first-order chi connectivity index (χ1) is 16.3. The van der Waals surface area contributed by atoms with Crippen molar-refractivity contribution in [1.29, 1.82) is 0 Å². The van der Waals surface area contributed by atoms with Crippen LogP contribution in [-0.2, 0) is 0 Å². The van der Waals surface area contributed by atoms with Gasteiger partial charge in [-0.1, -0.05) is 0 Å². The number of nitrogens with zero attached hydrogens (tertiary/aromatic N) is 6. The van der Waals surface area contributed by atoms with Crippen LogP contribution in [0.5, 0.6) is 5.75 Å². The number of rotatable bonds is 7. The molecular formula is C25H26FN7O. The fraction of sp³-hybridized carbons (Fsp3) is 0.280. The lowest BCUT2D eigenvalue weighted by atomic mass is 10.0. The van der Waals surface area contributed by atoms with Crippen molar-refractivity contribution in [1.82, 2.24) is 25.1 Å². The van der Waals surface area contributed by atoms with Crippen LogP contribution in [0.25, 0.3) is 38.4 Å². The number of hydrogen-bond acceptors (Lipinski definition) is 6. The van der Waals surface area contributed by atoms with Gasteiger partial charge in [0.1, 0.15) is 23.1 Å². The van der Waals surface area contributed by atoms with E-state index >= 15 is 0 Å². The van der Waals surface area contributed by atoms with Gasteiger partial charge in [-0.15, -0.1) is 0 Å². The Morgan fingerprint density at radius 2 is 1.91 bits per heavy atom. The molecule has 0 radical (unpaired) electrons. The highest BCUT2D eigenvalue weighted by molar-refractivity contribution is 5.99. The van der Waals surface area contributed by atoms with Gasteiger partial charge in [-0.25, -0.2) is 19.2 Å².